The maximum atomic E-state index is 13.4. The van der Waals surface area contributed by atoms with Crippen LogP contribution in [0.3, 0.4) is 0 Å². The lowest BCUT2D eigenvalue weighted by atomic mass is 10.0. The molecule has 9 nitrogen and oxygen atoms in total. The molecule has 222 valence electrons. The minimum absolute atomic E-state index is 0.0519. The zero-order valence-electron chi connectivity index (χ0n) is 24.3. The fourth-order valence-electron chi connectivity index (χ4n) is 4.09. The molecule has 0 aliphatic heterocycles. The number of nitrogens with one attached hydrogen (secondary N) is 1. The number of hydrogen-bond acceptors (Lipinski definition) is 8. The summed E-state index contributed by atoms with van der Waals surface area (Å²) in [6.45, 7) is 4.60. The zero-order chi connectivity index (χ0) is 29.7. The van der Waals surface area contributed by atoms with E-state index < -0.39 is 39.6 Å². The molecular formula is C30H45N3O6S. The van der Waals surface area contributed by atoms with Gasteiger partial charge in [0.05, 0.1) is 24.5 Å². The highest BCUT2D eigenvalue weighted by atomic mass is 32.2. The Hall–Kier alpha value is -2.95. The Morgan fingerprint density at radius 3 is 2.33 bits per heavy atom. The smallest absolute Gasteiger partial charge is 0.310 e. The third kappa shape index (κ3) is 12.1. The molecule has 40 heavy (non-hydrogen) atoms. The van der Waals surface area contributed by atoms with Crippen LogP contribution in [-0.2, 0) is 37.1 Å². The number of esters is 1. The van der Waals surface area contributed by atoms with Crippen LogP contribution in [0.2, 0.25) is 0 Å². The van der Waals surface area contributed by atoms with Gasteiger partial charge in [0.1, 0.15) is 11.9 Å². The second kappa shape index (κ2) is 16.3. The molecule has 0 aliphatic carbocycles. The van der Waals surface area contributed by atoms with E-state index in [9.17, 15) is 18.0 Å². The highest BCUT2D eigenvalue weighted by Gasteiger charge is 2.33. The molecule has 2 aromatic carbocycles. The van der Waals surface area contributed by atoms with Gasteiger partial charge in [-0.3, -0.25) is 9.59 Å². The van der Waals surface area contributed by atoms with Crippen molar-refractivity contribution in [2.45, 2.75) is 51.8 Å². The molecule has 0 saturated carbocycles. The molecule has 3 N–H and O–H groups in total. The first kappa shape index (κ1) is 33.3. The van der Waals surface area contributed by atoms with Crippen molar-refractivity contribution < 1.29 is 27.5 Å². The highest BCUT2D eigenvalue weighted by molar-refractivity contribution is 7.91. The van der Waals surface area contributed by atoms with Crippen molar-refractivity contribution in [3.63, 3.8) is 0 Å². The number of rotatable bonds is 17. The van der Waals surface area contributed by atoms with Gasteiger partial charge < -0.3 is 25.4 Å². The number of nitrogens with two attached hydrogens (primary N) is 1. The molecule has 0 heterocycles. The first-order chi connectivity index (χ1) is 18.9. The number of hydrogen-bond donors (Lipinski definition) is 2. The summed E-state index contributed by atoms with van der Waals surface area (Å²) >= 11 is 0. The lowest BCUT2D eigenvalue weighted by Gasteiger charge is -2.27. The number of methoxy groups -OCH3 is 1. The van der Waals surface area contributed by atoms with E-state index in [1.165, 1.54) is 4.90 Å². The predicted octanol–water partition coefficient (Wildman–Crippen LogP) is 2.82. The van der Waals surface area contributed by atoms with Gasteiger partial charge in [-0.05, 0) is 42.0 Å². The summed E-state index contributed by atoms with van der Waals surface area (Å²) in [4.78, 5) is 27.3. The quantitative estimate of drug-likeness (QED) is 0.276. The summed E-state index contributed by atoms with van der Waals surface area (Å²) in [6, 6.07) is 16.7. The van der Waals surface area contributed by atoms with E-state index in [1.54, 1.807) is 21.2 Å². The third-order valence-corrected chi connectivity index (χ3v) is 8.35. The van der Waals surface area contributed by atoms with Crippen LogP contribution >= 0.6 is 0 Å². The van der Waals surface area contributed by atoms with Crippen molar-refractivity contribution in [3.05, 3.63) is 65.7 Å². The average molecular weight is 576 g/mol. The molecule has 1 unspecified atom stereocenters. The van der Waals surface area contributed by atoms with E-state index in [1.807, 2.05) is 68.4 Å². The van der Waals surface area contributed by atoms with Crippen LogP contribution in [0.15, 0.2) is 54.6 Å². The molecule has 1 amide bonds. The number of carbonyl (C=O) groups is 2. The van der Waals surface area contributed by atoms with Gasteiger partial charge in [-0.1, -0.05) is 56.3 Å². The molecule has 0 aliphatic rings. The van der Waals surface area contributed by atoms with Crippen molar-refractivity contribution in [1.82, 2.24) is 10.2 Å². The zero-order valence-corrected chi connectivity index (χ0v) is 25.2. The molecule has 10 heteroatoms. The number of benzene rings is 2. The number of nitrogens with zero attached hydrogens (tertiary/aromatic N) is 1. The molecule has 0 spiro atoms. The summed E-state index contributed by atoms with van der Waals surface area (Å²) in [5, 5.41) is 3.30. The van der Waals surface area contributed by atoms with Crippen LogP contribution in [0.5, 0.6) is 5.75 Å². The second-order valence-corrected chi connectivity index (χ2v) is 13.0. The first-order valence-corrected chi connectivity index (χ1v) is 15.5. The van der Waals surface area contributed by atoms with E-state index in [-0.39, 0.29) is 30.5 Å². The van der Waals surface area contributed by atoms with Gasteiger partial charge in [0.2, 0.25) is 5.91 Å². The second-order valence-electron chi connectivity index (χ2n) is 10.8. The van der Waals surface area contributed by atoms with E-state index in [0.29, 0.717) is 19.4 Å². The Balaban J connectivity index is 2.21. The largest absolute Gasteiger partial charge is 0.497 e. The summed E-state index contributed by atoms with van der Waals surface area (Å²) < 4.78 is 36.9. The predicted molar refractivity (Wildman–Crippen MR) is 158 cm³/mol. The van der Waals surface area contributed by atoms with Gasteiger partial charge >= 0.3 is 5.97 Å². The molecule has 0 saturated heterocycles. The average Bonchev–Trinajstić information content (AvgIpc) is 2.91. The Bertz CT molecular complexity index is 1170. The summed E-state index contributed by atoms with van der Waals surface area (Å²) in [5.41, 5.74) is 8.51. The Morgan fingerprint density at radius 1 is 1.02 bits per heavy atom. The minimum Gasteiger partial charge on any atom is -0.497 e. The van der Waals surface area contributed by atoms with Gasteiger partial charge in [-0.25, -0.2) is 8.42 Å². The monoisotopic (exact) mass is 575 g/mol. The van der Waals surface area contributed by atoms with Crippen LogP contribution in [0.1, 0.15) is 37.8 Å². The van der Waals surface area contributed by atoms with Gasteiger partial charge in [0.25, 0.3) is 0 Å². The van der Waals surface area contributed by atoms with Gasteiger partial charge in [-0.15, -0.1) is 0 Å². The van der Waals surface area contributed by atoms with Crippen LogP contribution in [-0.4, -0.2) is 76.6 Å². The summed E-state index contributed by atoms with van der Waals surface area (Å²) in [7, 11) is 1.15. The standard InChI is InChI=1S/C30H45N3O6S/c1-22(2)14-15-40(36,37)21-25(18-29(34)33(3)4)30(35)39-28(27(31)17-23-10-7-6-8-11-23)20-32-19-24-12-9-13-26(16-24)38-5/h6-13,16,22,25,27-28,32H,14-15,17-21,31H2,1-5H3/t25?,27-,28+/m0/s1. The molecule has 0 bridgehead atoms. The van der Waals surface area contributed by atoms with Crippen molar-refractivity contribution in [2.24, 2.45) is 17.6 Å². The van der Waals surface area contributed by atoms with Gasteiger partial charge in [0, 0.05) is 39.6 Å². The van der Waals surface area contributed by atoms with Crippen LogP contribution < -0.4 is 15.8 Å². The number of sulfone groups is 1. The summed E-state index contributed by atoms with van der Waals surface area (Å²) in [5.74, 6) is -1.78. The van der Waals surface area contributed by atoms with E-state index in [4.69, 9.17) is 15.2 Å². The number of carbonyl (C=O) groups excluding carboxylic acids is 2. The fourth-order valence-corrected chi connectivity index (χ4v) is 5.96. The number of ether oxygens (including phenoxy) is 2. The first-order valence-electron chi connectivity index (χ1n) is 13.6. The molecule has 2 aromatic rings. The maximum absolute atomic E-state index is 13.4. The van der Waals surface area contributed by atoms with Crippen LogP contribution in [0.4, 0.5) is 0 Å². The van der Waals surface area contributed by atoms with Crippen molar-refractivity contribution >= 4 is 21.7 Å². The summed E-state index contributed by atoms with van der Waals surface area (Å²) in [6.07, 6.45) is -0.0865. The van der Waals surface area contributed by atoms with Crippen molar-refractivity contribution in [2.75, 3.05) is 39.3 Å². The SMILES string of the molecule is COc1cccc(CNC[C@@H](OC(=O)C(CC(=O)N(C)C)CS(=O)(=O)CCC(C)C)[C@@H](N)Cc2ccccc2)c1. The normalized spacial score (nSPS) is 13.9. The Morgan fingerprint density at radius 2 is 1.70 bits per heavy atom. The van der Waals surface area contributed by atoms with E-state index in [2.05, 4.69) is 5.32 Å². The van der Waals surface area contributed by atoms with Gasteiger partial charge in [-0.2, -0.15) is 0 Å². The van der Waals surface area contributed by atoms with Crippen LogP contribution in [0, 0.1) is 11.8 Å². The lowest BCUT2D eigenvalue weighted by molar-refractivity contribution is -0.156. The Kier molecular flexibility index (Phi) is 13.6. The van der Waals surface area contributed by atoms with E-state index >= 15 is 0 Å². The van der Waals surface area contributed by atoms with E-state index in [0.717, 1.165) is 16.9 Å². The topological polar surface area (TPSA) is 128 Å². The molecule has 0 radical (unpaired) electrons. The van der Waals surface area contributed by atoms with Gasteiger partial charge in [0.15, 0.2) is 9.84 Å². The van der Waals surface area contributed by atoms with Crippen molar-refractivity contribution in [1.29, 1.82) is 0 Å². The van der Waals surface area contributed by atoms with Crippen LogP contribution in [0.25, 0.3) is 0 Å². The third-order valence-electron chi connectivity index (χ3n) is 6.58. The fraction of sp³-hybridized carbons (Fsp3) is 0.533. The minimum atomic E-state index is -3.59. The molecule has 2 rings (SSSR count). The molecular weight excluding hydrogens is 530 g/mol. The number of amides is 1. The maximum Gasteiger partial charge on any atom is 0.310 e. The molecule has 3 atom stereocenters. The lowest BCUT2D eigenvalue weighted by Crippen LogP contribution is -2.47. The highest BCUT2D eigenvalue weighted by Crippen LogP contribution is 2.17. The molecule has 0 fully saturated rings. The van der Waals surface area contributed by atoms with Crippen molar-refractivity contribution in [3.8, 4) is 5.75 Å². The molecule has 0 aromatic heterocycles. The Labute approximate surface area is 239 Å².